The Bertz CT molecular complexity index is 400. The van der Waals surface area contributed by atoms with Crippen molar-refractivity contribution >= 4 is 36.4 Å². The zero-order valence-corrected chi connectivity index (χ0v) is 14.5. The molecule has 1 fully saturated rings. The number of hydrogen-bond acceptors (Lipinski definition) is 4. The number of quaternary nitrogens is 1. The maximum absolute atomic E-state index is 12.5. The number of carboxylic acid groups (broad SMARTS) is 1. The van der Waals surface area contributed by atoms with E-state index >= 15 is 0 Å². The first-order valence-electron chi connectivity index (χ1n) is 7.39. The van der Waals surface area contributed by atoms with Gasteiger partial charge in [-0.25, -0.2) is 4.79 Å². The van der Waals surface area contributed by atoms with E-state index in [0.29, 0.717) is 6.54 Å². The molecule has 4 nitrogen and oxygen atoms in total. The van der Waals surface area contributed by atoms with Crippen molar-refractivity contribution in [2.45, 2.75) is 56.1 Å². The Morgan fingerprint density at radius 2 is 2.24 bits per heavy atom. The summed E-state index contributed by atoms with van der Waals surface area (Å²) < 4.78 is -0.427. The molecule has 1 N–H and O–H groups in total. The van der Waals surface area contributed by atoms with Gasteiger partial charge in [0.2, 0.25) is 0 Å². The van der Waals surface area contributed by atoms with Gasteiger partial charge in [-0.15, -0.1) is 6.58 Å². The molecule has 0 aromatic carbocycles. The van der Waals surface area contributed by atoms with Gasteiger partial charge in [-0.3, -0.25) is 0 Å². The van der Waals surface area contributed by atoms with Crippen molar-refractivity contribution in [3.8, 4) is 0 Å². The summed E-state index contributed by atoms with van der Waals surface area (Å²) in [5, 5.41) is 9.77. The van der Waals surface area contributed by atoms with Crippen LogP contribution in [0.3, 0.4) is 0 Å². The van der Waals surface area contributed by atoms with Crippen molar-refractivity contribution < 1.29 is 19.2 Å². The molecule has 1 aliphatic rings. The molecule has 0 radical (unpaired) electrons. The molecule has 0 saturated carbocycles. The predicted octanol–water partition coefficient (Wildman–Crippen LogP) is 3.58. The molecule has 0 aliphatic carbocycles. The van der Waals surface area contributed by atoms with E-state index in [-0.39, 0.29) is 28.9 Å². The minimum atomic E-state index is -1.02. The Morgan fingerprint density at radius 3 is 2.76 bits per heavy atom. The Labute approximate surface area is 137 Å². The van der Waals surface area contributed by atoms with E-state index in [2.05, 4.69) is 19.2 Å². The van der Waals surface area contributed by atoms with Crippen molar-refractivity contribution in [1.82, 2.24) is 0 Å². The number of imide groups is 1. The van der Waals surface area contributed by atoms with Gasteiger partial charge >= 0.3 is 12.0 Å². The van der Waals surface area contributed by atoms with Gasteiger partial charge in [0.1, 0.15) is 12.6 Å². The first-order valence-corrected chi connectivity index (χ1v) is 8.96. The van der Waals surface area contributed by atoms with Gasteiger partial charge in [0.25, 0.3) is 0 Å². The topological polar surface area (TPSA) is 54.4 Å². The Balaban J connectivity index is 2.74. The number of unbranched alkanes of at least 4 members (excludes halogenated alkanes) is 1. The molecule has 1 aliphatic heterocycles. The lowest BCUT2D eigenvalue weighted by atomic mass is 10.2. The van der Waals surface area contributed by atoms with Gasteiger partial charge in [0, 0.05) is 11.7 Å². The molecule has 21 heavy (non-hydrogen) atoms. The van der Waals surface area contributed by atoms with Crippen LogP contribution in [0.5, 0.6) is 0 Å². The van der Waals surface area contributed by atoms with Crippen LogP contribution in [-0.2, 0) is 4.79 Å². The van der Waals surface area contributed by atoms with Gasteiger partial charge in [-0.2, -0.15) is 33.7 Å². The summed E-state index contributed by atoms with van der Waals surface area (Å²) in [6.45, 7) is 7.79. The number of thiol groups is 1. The van der Waals surface area contributed by atoms with E-state index in [9.17, 15) is 14.7 Å². The zero-order chi connectivity index (χ0) is 16.0. The number of nitrogens with zero attached hydrogens (tertiary/aromatic N) is 1. The summed E-state index contributed by atoms with van der Waals surface area (Å²) in [7, 11) is 0. The van der Waals surface area contributed by atoms with Crippen LogP contribution in [0.15, 0.2) is 12.7 Å². The van der Waals surface area contributed by atoms with Crippen LogP contribution in [0, 0.1) is 0 Å². The number of hydrogen-bond donors (Lipinski definition) is 2. The van der Waals surface area contributed by atoms with Crippen molar-refractivity contribution in [3.05, 3.63) is 12.7 Å². The lowest BCUT2D eigenvalue weighted by Gasteiger charge is -2.30. The summed E-state index contributed by atoms with van der Waals surface area (Å²) in [6.07, 6.45) is 3.88. The highest BCUT2D eigenvalue weighted by molar-refractivity contribution is 7.99. The third-order valence-electron chi connectivity index (χ3n) is 4.01. The number of rotatable bonds is 7. The second-order valence-electron chi connectivity index (χ2n) is 5.79. The Hall–Kier alpha value is -0.460. The monoisotopic (exact) mass is 332 g/mol. The van der Waals surface area contributed by atoms with Crippen LogP contribution in [0.4, 0.5) is 4.79 Å². The highest BCUT2D eigenvalue weighted by atomic mass is 32.2. The Morgan fingerprint density at radius 1 is 1.57 bits per heavy atom. The molecule has 1 heterocycles. The quantitative estimate of drug-likeness (QED) is 0.324. The SMILES string of the molecule is C=CCCCS[C@@H]1C[C@@H](C)[N@@+](C(=O)O)(C(=O)CC(C)S)C1. The van der Waals surface area contributed by atoms with Crippen LogP contribution in [0.25, 0.3) is 0 Å². The van der Waals surface area contributed by atoms with E-state index in [1.165, 1.54) is 0 Å². The highest BCUT2D eigenvalue weighted by Gasteiger charge is 2.56. The van der Waals surface area contributed by atoms with E-state index in [1.807, 2.05) is 19.9 Å². The lowest BCUT2D eigenvalue weighted by Crippen LogP contribution is -2.59. The maximum Gasteiger partial charge on any atom is 0.521 e. The van der Waals surface area contributed by atoms with Crippen LogP contribution in [0.2, 0.25) is 0 Å². The van der Waals surface area contributed by atoms with Gasteiger partial charge < -0.3 is 5.11 Å². The van der Waals surface area contributed by atoms with E-state index in [1.54, 1.807) is 11.8 Å². The molecule has 4 atom stereocenters. The van der Waals surface area contributed by atoms with Crippen LogP contribution in [0.1, 0.15) is 39.5 Å². The second-order valence-corrected chi connectivity index (χ2v) is 8.08. The number of likely N-dealkylation sites (tertiary alicyclic amines) is 1. The van der Waals surface area contributed by atoms with Crippen molar-refractivity contribution in [2.75, 3.05) is 12.3 Å². The summed E-state index contributed by atoms with van der Waals surface area (Å²) >= 11 is 6.01. The van der Waals surface area contributed by atoms with Gasteiger partial charge in [-0.05, 0) is 25.5 Å². The fraction of sp³-hybridized carbons (Fsp3) is 0.733. The number of carbonyl (C=O) groups is 2. The molecule has 6 heteroatoms. The molecule has 1 unspecified atom stereocenters. The van der Waals surface area contributed by atoms with Crippen LogP contribution < -0.4 is 0 Å². The molecule has 2 amide bonds. The van der Waals surface area contributed by atoms with Crippen molar-refractivity contribution in [2.24, 2.45) is 0 Å². The third kappa shape index (κ3) is 4.50. The maximum atomic E-state index is 12.5. The van der Waals surface area contributed by atoms with Gasteiger partial charge in [0.15, 0.2) is 0 Å². The third-order valence-corrected chi connectivity index (χ3v) is 5.53. The molecular weight excluding hydrogens is 306 g/mol. The summed E-state index contributed by atoms with van der Waals surface area (Å²) in [5.74, 6) is 0.770. The predicted molar refractivity (Wildman–Crippen MR) is 91.0 cm³/mol. The molecule has 120 valence electrons. The minimum absolute atomic E-state index is 0.113. The number of thioether (sulfide) groups is 1. The fourth-order valence-corrected chi connectivity index (χ4v) is 4.45. The van der Waals surface area contributed by atoms with Gasteiger partial charge in [0.05, 0.1) is 11.7 Å². The lowest BCUT2D eigenvalue weighted by molar-refractivity contribution is -0.792. The largest absolute Gasteiger partial charge is 0.521 e. The molecule has 1 saturated heterocycles. The highest BCUT2D eigenvalue weighted by Crippen LogP contribution is 2.36. The number of allylic oxidation sites excluding steroid dienone is 1. The van der Waals surface area contributed by atoms with Crippen LogP contribution in [-0.4, -0.2) is 50.4 Å². The van der Waals surface area contributed by atoms with Crippen molar-refractivity contribution in [1.29, 1.82) is 0 Å². The van der Waals surface area contributed by atoms with E-state index in [4.69, 9.17) is 0 Å². The first-order chi connectivity index (χ1) is 9.84. The Kier molecular flexibility index (Phi) is 7.30. The summed E-state index contributed by atoms with van der Waals surface area (Å²) in [6, 6.07) is -0.168. The van der Waals surface area contributed by atoms with Crippen LogP contribution >= 0.6 is 24.4 Å². The average molecular weight is 333 g/mol. The van der Waals surface area contributed by atoms with Gasteiger partial charge in [-0.1, -0.05) is 13.0 Å². The van der Waals surface area contributed by atoms with Crippen molar-refractivity contribution in [3.63, 3.8) is 0 Å². The first kappa shape index (κ1) is 18.6. The molecule has 1 rings (SSSR count). The zero-order valence-electron chi connectivity index (χ0n) is 12.8. The summed E-state index contributed by atoms with van der Waals surface area (Å²) in [5.41, 5.74) is 0. The molecular formula is C15H26NO3S2+. The fourth-order valence-electron chi connectivity index (χ4n) is 2.87. The summed E-state index contributed by atoms with van der Waals surface area (Å²) in [4.78, 5) is 24.3. The molecule has 0 bridgehead atoms. The average Bonchev–Trinajstić information content (AvgIpc) is 2.72. The minimum Gasteiger partial charge on any atom is -0.435 e. The normalized spacial score (nSPS) is 30.0. The molecule has 0 spiro atoms. The molecule has 0 aromatic heterocycles. The second kappa shape index (κ2) is 8.25. The van der Waals surface area contributed by atoms with E-state index < -0.39 is 10.6 Å². The standard InChI is InChI=1S/C15H25NO3S2/c1-4-5-6-7-21-13-8-11(2)16(10-13,15(18)19)14(17)9-12(3)20/h4,11-13H,1,5-10H2,2-3H3,(H-,18,19,20)/p+1/t11-,12?,13-,16-/m1/s1. The smallest absolute Gasteiger partial charge is 0.435 e. The number of amides is 2. The molecule has 0 aromatic rings. The number of carbonyl (C=O) groups excluding carboxylic acids is 1. The van der Waals surface area contributed by atoms with E-state index in [0.717, 1.165) is 25.0 Å².